The van der Waals surface area contributed by atoms with E-state index in [0.29, 0.717) is 5.56 Å². The van der Waals surface area contributed by atoms with Crippen molar-refractivity contribution in [3.8, 4) is 17.2 Å². The summed E-state index contributed by atoms with van der Waals surface area (Å²) in [5.41, 5.74) is 6.34. The first kappa shape index (κ1) is 14.6. The monoisotopic (exact) mass is 315 g/mol. The zero-order valence-electron chi connectivity index (χ0n) is 13.3. The Labute approximate surface area is 140 Å². The van der Waals surface area contributed by atoms with Crippen LogP contribution in [0.25, 0.3) is 16.7 Å². The molecule has 4 rings (SSSR count). The van der Waals surface area contributed by atoms with E-state index in [1.165, 1.54) is 18.1 Å². The molecule has 0 radical (unpaired) electrons. The van der Waals surface area contributed by atoms with Crippen molar-refractivity contribution in [2.45, 2.75) is 32.1 Å². The molecule has 118 valence electrons. The van der Waals surface area contributed by atoms with Crippen molar-refractivity contribution in [2.24, 2.45) is 0 Å². The maximum absolute atomic E-state index is 11.4. The molecule has 0 spiro atoms. The lowest BCUT2D eigenvalue weighted by molar-refractivity contribution is 0.708. The highest BCUT2D eigenvalue weighted by molar-refractivity contribution is 5.87. The summed E-state index contributed by atoms with van der Waals surface area (Å²) in [6, 6.07) is 5.68. The summed E-state index contributed by atoms with van der Waals surface area (Å²) in [5.74, 6) is 0. The van der Waals surface area contributed by atoms with Gasteiger partial charge in [0.2, 0.25) is 5.56 Å². The Morgan fingerprint density at radius 1 is 1.17 bits per heavy atom. The fourth-order valence-corrected chi connectivity index (χ4v) is 3.47. The third-order valence-corrected chi connectivity index (χ3v) is 4.73. The van der Waals surface area contributed by atoms with Crippen LogP contribution >= 0.6 is 0 Å². The van der Waals surface area contributed by atoms with Gasteiger partial charge >= 0.3 is 0 Å². The average molecular weight is 315 g/mol. The molecule has 0 fully saturated rings. The van der Waals surface area contributed by atoms with Crippen molar-refractivity contribution in [3.63, 3.8) is 0 Å². The van der Waals surface area contributed by atoms with Crippen LogP contribution in [0.1, 0.15) is 41.8 Å². The lowest BCUT2D eigenvalue weighted by Gasteiger charge is -2.19. The van der Waals surface area contributed by atoms with Crippen LogP contribution in [0.3, 0.4) is 0 Å². The minimum absolute atomic E-state index is 0.137. The smallest absolute Gasteiger partial charge is 0.247 e. The van der Waals surface area contributed by atoms with Gasteiger partial charge in [-0.1, -0.05) is 24.6 Å². The Bertz CT molecular complexity index is 953. The number of nitriles is 1. The number of nitrogens with zero attached hydrogens (tertiary/aromatic N) is 2. The third kappa shape index (κ3) is 2.39. The van der Waals surface area contributed by atoms with E-state index in [1.807, 2.05) is 18.2 Å². The van der Waals surface area contributed by atoms with Crippen molar-refractivity contribution in [1.29, 1.82) is 5.26 Å². The minimum Gasteiger partial charge on any atom is -0.328 e. The zero-order valence-corrected chi connectivity index (χ0v) is 13.3. The molecule has 0 saturated carbocycles. The molecule has 0 aliphatic heterocycles. The largest absolute Gasteiger partial charge is 0.328 e. The Balaban J connectivity index is 2.02. The Morgan fingerprint density at radius 2 is 2.00 bits per heavy atom. The summed E-state index contributed by atoms with van der Waals surface area (Å²) in [5, 5.41) is 9.84. The molecule has 4 nitrogen and oxygen atoms in total. The molecule has 0 amide bonds. The Morgan fingerprint density at radius 3 is 2.67 bits per heavy atom. The molecule has 24 heavy (non-hydrogen) atoms. The Kier molecular flexibility index (Phi) is 3.62. The van der Waals surface area contributed by atoms with Crippen LogP contribution in [0.2, 0.25) is 0 Å². The van der Waals surface area contributed by atoms with Crippen molar-refractivity contribution < 1.29 is 0 Å². The molecule has 0 unspecified atom stereocenters. The predicted molar refractivity (Wildman–Crippen MR) is 93.4 cm³/mol. The Hall–Kier alpha value is -2.93. The molecular weight excluding hydrogens is 298 g/mol. The molecule has 2 aromatic heterocycles. The first-order valence-corrected chi connectivity index (χ1v) is 8.31. The van der Waals surface area contributed by atoms with Gasteiger partial charge in [-0.25, -0.2) is 0 Å². The molecule has 2 aliphatic carbocycles. The molecule has 0 atom stereocenters. The molecule has 2 aromatic rings. The van der Waals surface area contributed by atoms with Gasteiger partial charge in [-0.15, -0.1) is 0 Å². The van der Waals surface area contributed by atoms with E-state index >= 15 is 0 Å². The molecule has 0 saturated heterocycles. The van der Waals surface area contributed by atoms with Crippen LogP contribution < -0.4 is 5.56 Å². The van der Waals surface area contributed by atoms with E-state index < -0.39 is 0 Å². The van der Waals surface area contributed by atoms with E-state index in [2.05, 4.69) is 11.1 Å². The van der Waals surface area contributed by atoms with E-state index in [1.54, 1.807) is 12.3 Å². The first-order chi connectivity index (χ1) is 11.8. The number of aromatic amines is 1. The molecule has 4 heteroatoms. The predicted octanol–water partition coefficient (Wildman–Crippen LogP) is 3.53. The third-order valence-electron chi connectivity index (χ3n) is 4.73. The number of nitrogens with one attached hydrogen (secondary N) is 1. The summed E-state index contributed by atoms with van der Waals surface area (Å²) in [6.07, 6.45) is 12.9. The van der Waals surface area contributed by atoms with Gasteiger partial charge in [0.15, 0.2) is 0 Å². The fourth-order valence-electron chi connectivity index (χ4n) is 3.47. The van der Waals surface area contributed by atoms with Crippen molar-refractivity contribution >= 4 is 5.57 Å². The van der Waals surface area contributed by atoms with Crippen LogP contribution in [0.5, 0.6) is 0 Å². The van der Waals surface area contributed by atoms with E-state index in [4.69, 9.17) is 4.98 Å². The van der Waals surface area contributed by atoms with Crippen molar-refractivity contribution in [1.82, 2.24) is 9.97 Å². The second kappa shape index (κ2) is 5.93. The van der Waals surface area contributed by atoms with E-state index in [-0.39, 0.29) is 5.56 Å². The molecular formula is C20H17N3O. The SMILES string of the molecule is N#Cc1c(C2=CC=C2)nc2c(c1-c1ccc(=O)[nH]c1)CCCCC2. The molecule has 2 aliphatic rings. The van der Waals surface area contributed by atoms with Crippen LogP contribution in [0.15, 0.2) is 41.4 Å². The average Bonchev–Trinajstić information content (AvgIpc) is 2.78. The minimum atomic E-state index is -0.137. The van der Waals surface area contributed by atoms with Gasteiger partial charge in [0.05, 0.1) is 11.3 Å². The lowest BCUT2D eigenvalue weighted by atomic mass is 9.88. The maximum atomic E-state index is 11.4. The van der Waals surface area contributed by atoms with Gasteiger partial charge in [0, 0.05) is 29.1 Å². The summed E-state index contributed by atoms with van der Waals surface area (Å²) < 4.78 is 0. The molecule has 0 aromatic carbocycles. The van der Waals surface area contributed by atoms with Crippen LogP contribution in [-0.2, 0) is 12.8 Å². The highest BCUT2D eigenvalue weighted by Crippen LogP contribution is 2.37. The molecule has 1 N–H and O–H groups in total. The number of hydrogen-bond acceptors (Lipinski definition) is 3. The molecule has 0 bridgehead atoms. The summed E-state index contributed by atoms with van der Waals surface area (Å²) >= 11 is 0. The number of H-pyrrole nitrogens is 1. The van der Waals surface area contributed by atoms with Gasteiger partial charge in [-0.05, 0) is 42.9 Å². The number of aryl methyl sites for hydroxylation is 1. The second-order valence-corrected chi connectivity index (χ2v) is 6.23. The van der Waals surface area contributed by atoms with Gasteiger partial charge in [0.25, 0.3) is 0 Å². The van der Waals surface area contributed by atoms with Crippen molar-refractivity contribution in [2.75, 3.05) is 0 Å². The molecule has 2 heterocycles. The van der Waals surface area contributed by atoms with Gasteiger partial charge in [-0.2, -0.15) is 5.26 Å². The number of fused-ring (bicyclic) bond motifs is 1. The summed E-state index contributed by atoms with van der Waals surface area (Å²) in [4.78, 5) is 19.0. The van der Waals surface area contributed by atoms with Gasteiger partial charge < -0.3 is 4.98 Å². The highest BCUT2D eigenvalue weighted by atomic mass is 16.1. The number of aromatic nitrogens is 2. The summed E-state index contributed by atoms with van der Waals surface area (Å²) in [6.45, 7) is 0. The number of allylic oxidation sites excluding steroid dienone is 4. The standard InChI is InChI=1S/C20H17N3O/c21-11-16-19(14-9-10-18(24)22-12-14)15-7-2-1-3-8-17(15)23-20(16)13-5-4-6-13/h4-6,9-10,12H,1-3,7-8H2,(H,22,24). The normalized spacial score (nSPS) is 15.7. The van der Waals surface area contributed by atoms with Crippen molar-refractivity contribution in [3.05, 3.63) is 69.4 Å². The summed E-state index contributed by atoms with van der Waals surface area (Å²) in [7, 11) is 0. The fraction of sp³-hybridized carbons (Fsp3) is 0.250. The number of pyridine rings is 2. The lowest BCUT2D eigenvalue weighted by Crippen LogP contribution is -2.09. The van der Waals surface area contributed by atoms with Crippen LogP contribution in [-0.4, -0.2) is 9.97 Å². The zero-order chi connectivity index (χ0) is 16.5. The maximum Gasteiger partial charge on any atom is 0.247 e. The first-order valence-electron chi connectivity index (χ1n) is 8.31. The van der Waals surface area contributed by atoms with Gasteiger partial charge in [-0.3, -0.25) is 9.78 Å². The number of hydrogen-bond donors (Lipinski definition) is 1. The second-order valence-electron chi connectivity index (χ2n) is 6.23. The topological polar surface area (TPSA) is 69.5 Å². The van der Waals surface area contributed by atoms with Crippen LogP contribution in [0, 0.1) is 11.3 Å². The van der Waals surface area contributed by atoms with Gasteiger partial charge in [0.1, 0.15) is 6.07 Å². The highest BCUT2D eigenvalue weighted by Gasteiger charge is 2.23. The quantitative estimate of drug-likeness (QED) is 0.862. The number of rotatable bonds is 2. The van der Waals surface area contributed by atoms with Crippen LogP contribution in [0.4, 0.5) is 0 Å². The van der Waals surface area contributed by atoms with E-state index in [9.17, 15) is 10.1 Å². The van der Waals surface area contributed by atoms with E-state index in [0.717, 1.165) is 53.8 Å².